The molecule has 1 aromatic carbocycles. The van der Waals surface area contributed by atoms with Gasteiger partial charge in [0.15, 0.2) is 5.82 Å². The largest absolute Gasteiger partial charge is 0.496 e. The highest BCUT2D eigenvalue weighted by Gasteiger charge is 2.10. The molecule has 0 bridgehead atoms. The molecule has 4 nitrogen and oxygen atoms in total. The van der Waals surface area contributed by atoms with Crippen LogP contribution in [-0.2, 0) is 6.42 Å². The number of ketones is 1. The average molecular weight is 307 g/mol. The van der Waals surface area contributed by atoms with Crippen LogP contribution < -0.4 is 4.74 Å². The first-order valence-corrected chi connectivity index (χ1v) is 6.12. The molecule has 0 aliphatic rings. The minimum absolute atomic E-state index is 0.104. The molecule has 0 radical (unpaired) electrons. The second-order valence-corrected chi connectivity index (χ2v) is 4.50. The summed E-state index contributed by atoms with van der Waals surface area (Å²) in [5.74, 6) is 0.874. The molecule has 0 atom stereocenters. The predicted molar refractivity (Wildman–Crippen MR) is 70.8 cm³/mol. The number of hydrogen-bond donors (Lipinski definition) is 0. The summed E-state index contributed by atoms with van der Waals surface area (Å²) in [6, 6.07) is 7.21. The smallest absolute Gasteiger partial charge is 0.204 e. The summed E-state index contributed by atoms with van der Waals surface area (Å²) in [6.07, 6.45) is 3.39. The van der Waals surface area contributed by atoms with Gasteiger partial charge in [0.2, 0.25) is 5.78 Å². The van der Waals surface area contributed by atoms with Crippen LogP contribution in [0, 0.1) is 0 Å². The van der Waals surface area contributed by atoms with Crippen LogP contribution in [0.25, 0.3) is 0 Å². The highest BCUT2D eigenvalue weighted by Crippen LogP contribution is 2.25. The molecule has 1 heterocycles. The van der Waals surface area contributed by atoms with Crippen molar-refractivity contribution < 1.29 is 9.53 Å². The number of aromatic nitrogens is 2. The summed E-state index contributed by atoms with van der Waals surface area (Å²) >= 11 is 3.39. The number of Topliss-reactive ketones (excluding diaryl/α,β-unsaturated/α-hetero) is 1. The Hall–Kier alpha value is -1.75. The number of methoxy groups -OCH3 is 1. The van der Waals surface area contributed by atoms with Gasteiger partial charge in [0, 0.05) is 18.8 Å². The molecule has 0 fully saturated rings. The number of halogens is 1. The molecule has 92 valence electrons. The summed E-state index contributed by atoms with van der Waals surface area (Å²) in [4.78, 5) is 19.8. The van der Waals surface area contributed by atoms with Crippen LogP contribution in [-0.4, -0.2) is 22.9 Å². The first-order chi connectivity index (χ1) is 8.70. The zero-order valence-corrected chi connectivity index (χ0v) is 11.3. The molecule has 0 amide bonds. The van der Waals surface area contributed by atoms with Gasteiger partial charge in [0.05, 0.1) is 11.6 Å². The van der Waals surface area contributed by atoms with Crippen LogP contribution in [0.2, 0.25) is 0 Å². The molecular formula is C13H11BrN2O2. The second kappa shape index (κ2) is 5.73. The molecule has 18 heavy (non-hydrogen) atoms. The first-order valence-electron chi connectivity index (χ1n) is 5.33. The molecule has 1 aromatic heterocycles. The maximum atomic E-state index is 11.9. The van der Waals surface area contributed by atoms with Gasteiger partial charge in [-0.1, -0.05) is 6.07 Å². The van der Waals surface area contributed by atoms with Gasteiger partial charge in [-0.15, -0.1) is 0 Å². The molecule has 0 aliphatic heterocycles. The lowest BCUT2D eigenvalue weighted by molar-refractivity contribution is 0.0983. The highest BCUT2D eigenvalue weighted by molar-refractivity contribution is 9.10. The number of hydrogen-bond acceptors (Lipinski definition) is 4. The van der Waals surface area contributed by atoms with Crippen molar-refractivity contribution in [2.75, 3.05) is 7.11 Å². The number of benzene rings is 1. The third-order valence-electron chi connectivity index (χ3n) is 2.40. The van der Waals surface area contributed by atoms with Crippen LogP contribution in [0.4, 0.5) is 0 Å². The van der Waals surface area contributed by atoms with Gasteiger partial charge in [0.1, 0.15) is 5.75 Å². The Morgan fingerprint density at radius 1 is 1.33 bits per heavy atom. The summed E-state index contributed by atoms with van der Waals surface area (Å²) in [7, 11) is 1.60. The van der Waals surface area contributed by atoms with Crippen LogP contribution in [0.15, 0.2) is 41.1 Å². The van der Waals surface area contributed by atoms with E-state index in [2.05, 4.69) is 25.9 Å². The maximum absolute atomic E-state index is 11.9. The van der Waals surface area contributed by atoms with Crippen LogP contribution >= 0.6 is 15.9 Å². The summed E-state index contributed by atoms with van der Waals surface area (Å²) in [5.41, 5.74) is 0.889. The van der Waals surface area contributed by atoms with E-state index in [1.807, 2.05) is 18.2 Å². The molecule has 0 aliphatic carbocycles. The van der Waals surface area contributed by atoms with Crippen molar-refractivity contribution in [2.45, 2.75) is 6.42 Å². The van der Waals surface area contributed by atoms with E-state index in [0.29, 0.717) is 0 Å². The zero-order chi connectivity index (χ0) is 13.0. The van der Waals surface area contributed by atoms with Crippen molar-refractivity contribution in [3.63, 3.8) is 0 Å². The lowest BCUT2D eigenvalue weighted by Crippen LogP contribution is -2.08. The Kier molecular flexibility index (Phi) is 4.04. The van der Waals surface area contributed by atoms with E-state index in [-0.39, 0.29) is 18.0 Å². The van der Waals surface area contributed by atoms with Crippen molar-refractivity contribution >= 4 is 21.7 Å². The van der Waals surface area contributed by atoms with Gasteiger partial charge in [-0.2, -0.15) is 0 Å². The quantitative estimate of drug-likeness (QED) is 0.815. The predicted octanol–water partition coefficient (Wildman–Crippen LogP) is 2.67. The molecule has 5 heteroatoms. The van der Waals surface area contributed by atoms with Gasteiger partial charge in [-0.3, -0.25) is 4.79 Å². The van der Waals surface area contributed by atoms with Crippen molar-refractivity contribution in [2.24, 2.45) is 0 Å². The molecular weight excluding hydrogens is 296 g/mol. The number of carbonyl (C=O) groups excluding carboxylic acids is 1. The third kappa shape index (κ3) is 2.92. The first kappa shape index (κ1) is 12.7. The lowest BCUT2D eigenvalue weighted by Gasteiger charge is -2.05. The fourth-order valence-electron chi connectivity index (χ4n) is 1.53. The van der Waals surface area contributed by atoms with Crippen LogP contribution in [0.3, 0.4) is 0 Å². The maximum Gasteiger partial charge on any atom is 0.204 e. The van der Waals surface area contributed by atoms with E-state index in [0.717, 1.165) is 15.8 Å². The second-order valence-electron chi connectivity index (χ2n) is 3.64. The minimum atomic E-state index is -0.104. The molecule has 0 saturated carbocycles. The summed E-state index contributed by atoms with van der Waals surface area (Å²) < 4.78 is 5.96. The van der Waals surface area contributed by atoms with E-state index >= 15 is 0 Å². The molecule has 0 N–H and O–H groups in total. The normalized spacial score (nSPS) is 10.1. The van der Waals surface area contributed by atoms with Gasteiger partial charge in [-0.05, 0) is 39.7 Å². The van der Waals surface area contributed by atoms with E-state index in [1.54, 1.807) is 25.6 Å². The third-order valence-corrected chi connectivity index (χ3v) is 3.02. The Bertz CT molecular complexity index is 558. The van der Waals surface area contributed by atoms with Crippen LogP contribution in [0.1, 0.15) is 16.2 Å². The van der Waals surface area contributed by atoms with E-state index in [1.165, 1.54) is 0 Å². The highest BCUT2D eigenvalue weighted by atomic mass is 79.9. The molecule has 0 spiro atoms. The van der Waals surface area contributed by atoms with Gasteiger partial charge in [-0.25, -0.2) is 9.97 Å². The fraction of sp³-hybridized carbons (Fsp3) is 0.154. The zero-order valence-electron chi connectivity index (χ0n) is 9.76. The lowest BCUT2D eigenvalue weighted by atomic mass is 10.1. The van der Waals surface area contributed by atoms with E-state index < -0.39 is 0 Å². The average Bonchev–Trinajstić information content (AvgIpc) is 2.40. The fourth-order valence-corrected chi connectivity index (χ4v) is 2.12. The monoisotopic (exact) mass is 306 g/mol. The SMILES string of the molecule is COc1ccc(CC(=O)c2ncccn2)cc1Br. The van der Waals surface area contributed by atoms with Gasteiger partial charge < -0.3 is 4.74 Å². The van der Waals surface area contributed by atoms with Gasteiger partial charge >= 0.3 is 0 Å². The summed E-state index contributed by atoms with van der Waals surface area (Å²) in [6.45, 7) is 0. The van der Waals surface area contributed by atoms with Crippen molar-refractivity contribution in [1.82, 2.24) is 9.97 Å². The van der Waals surface area contributed by atoms with Gasteiger partial charge in [0.25, 0.3) is 0 Å². The molecule has 0 unspecified atom stereocenters. The topological polar surface area (TPSA) is 52.1 Å². The van der Waals surface area contributed by atoms with E-state index in [9.17, 15) is 4.79 Å². The molecule has 2 rings (SSSR count). The Morgan fingerprint density at radius 2 is 2.06 bits per heavy atom. The number of ether oxygens (including phenoxy) is 1. The Balaban J connectivity index is 2.15. The molecule has 0 saturated heterocycles. The standard InChI is InChI=1S/C13H11BrN2O2/c1-18-12-4-3-9(7-10(12)14)8-11(17)13-15-5-2-6-16-13/h2-7H,8H2,1H3. The van der Waals surface area contributed by atoms with E-state index in [4.69, 9.17) is 4.74 Å². The van der Waals surface area contributed by atoms with Crippen molar-refractivity contribution in [3.8, 4) is 5.75 Å². The Labute approximate surface area is 113 Å². The number of carbonyl (C=O) groups is 1. The van der Waals surface area contributed by atoms with Crippen molar-refractivity contribution in [3.05, 3.63) is 52.5 Å². The minimum Gasteiger partial charge on any atom is -0.496 e. The van der Waals surface area contributed by atoms with Crippen LogP contribution in [0.5, 0.6) is 5.75 Å². The Morgan fingerprint density at radius 3 is 2.67 bits per heavy atom. The van der Waals surface area contributed by atoms with Crippen molar-refractivity contribution in [1.29, 1.82) is 0 Å². The summed E-state index contributed by atoms with van der Waals surface area (Å²) in [5, 5.41) is 0. The number of nitrogens with zero attached hydrogens (tertiary/aromatic N) is 2. The number of rotatable bonds is 4. The molecule has 2 aromatic rings.